The van der Waals surface area contributed by atoms with Crippen LogP contribution in [-0.2, 0) is 10.0 Å². The zero-order chi connectivity index (χ0) is 19.9. The van der Waals surface area contributed by atoms with Crippen molar-refractivity contribution in [3.8, 4) is 0 Å². The van der Waals surface area contributed by atoms with Crippen molar-refractivity contribution in [2.45, 2.75) is 37.6 Å². The monoisotopic (exact) mass is 402 g/mol. The van der Waals surface area contributed by atoms with Crippen LogP contribution < -0.4 is 0 Å². The summed E-state index contributed by atoms with van der Waals surface area (Å²) < 4.78 is 29.1. The van der Waals surface area contributed by atoms with Crippen molar-refractivity contribution in [2.24, 2.45) is 0 Å². The Balaban J connectivity index is 1.38. The van der Waals surface area contributed by atoms with E-state index in [2.05, 4.69) is 16.5 Å². The average molecular weight is 403 g/mol. The lowest BCUT2D eigenvalue weighted by molar-refractivity contribution is 0.0901. The molecule has 4 rings (SSSR count). The van der Waals surface area contributed by atoms with Crippen LogP contribution in [0.4, 0.5) is 0 Å². The summed E-state index contributed by atoms with van der Waals surface area (Å²) in [7, 11) is -3.52. The van der Waals surface area contributed by atoms with Crippen molar-refractivity contribution in [3.63, 3.8) is 0 Å². The standard InChI is InChI=1S/C20H26N4O3S/c1-15-12-19(16(2)24(15)17-5-6-17)20(25)14-22-8-10-23(11-9-22)28(26,27)18-4-3-7-21-13-18/h3-4,7,12-13,17H,5-6,8-11,14H2,1-2H3. The quantitative estimate of drug-likeness (QED) is 0.691. The SMILES string of the molecule is Cc1cc(C(=O)CN2CCN(S(=O)(=O)c3cccnc3)CC2)c(C)n1C1CC1. The third kappa shape index (κ3) is 3.64. The Morgan fingerprint density at radius 3 is 2.50 bits per heavy atom. The predicted molar refractivity (Wildman–Crippen MR) is 106 cm³/mol. The van der Waals surface area contributed by atoms with Crippen LogP contribution in [0.15, 0.2) is 35.5 Å². The summed E-state index contributed by atoms with van der Waals surface area (Å²) in [5, 5.41) is 0. The lowest BCUT2D eigenvalue weighted by Gasteiger charge is -2.33. The molecule has 8 heteroatoms. The summed E-state index contributed by atoms with van der Waals surface area (Å²) in [4.78, 5) is 19.0. The fourth-order valence-corrected chi connectivity index (χ4v) is 5.41. The van der Waals surface area contributed by atoms with Crippen molar-refractivity contribution >= 4 is 15.8 Å². The highest BCUT2D eigenvalue weighted by Gasteiger charge is 2.31. The van der Waals surface area contributed by atoms with Gasteiger partial charge in [-0.15, -0.1) is 0 Å². The van der Waals surface area contributed by atoms with Crippen LogP contribution in [0.5, 0.6) is 0 Å². The average Bonchev–Trinajstić information content (AvgIpc) is 3.47. The number of hydrogen-bond acceptors (Lipinski definition) is 5. The van der Waals surface area contributed by atoms with Gasteiger partial charge in [-0.2, -0.15) is 4.31 Å². The van der Waals surface area contributed by atoms with Gasteiger partial charge in [-0.1, -0.05) is 0 Å². The van der Waals surface area contributed by atoms with Gasteiger partial charge < -0.3 is 4.57 Å². The number of carbonyl (C=O) groups excluding carboxylic acids is 1. The van der Waals surface area contributed by atoms with Gasteiger partial charge in [-0.3, -0.25) is 14.7 Å². The molecule has 0 spiro atoms. The lowest BCUT2D eigenvalue weighted by Crippen LogP contribution is -2.49. The Morgan fingerprint density at radius 1 is 1.18 bits per heavy atom. The maximum atomic E-state index is 12.8. The molecule has 1 aliphatic heterocycles. The lowest BCUT2D eigenvalue weighted by atomic mass is 10.1. The summed E-state index contributed by atoms with van der Waals surface area (Å²) in [6, 6.07) is 5.75. The number of nitrogens with zero attached hydrogens (tertiary/aromatic N) is 4. The van der Waals surface area contributed by atoms with E-state index in [-0.39, 0.29) is 10.7 Å². The second kappa shape index (κ2) is 7.42. The minimum atomic E-state index is -3.52. The normalized spacial score (nSPS) is 19.1. The summed E-state index contributed by atoms with van der Waals surface area (Å²) in [5.41, 5.74) is 3.01. The summed E-state index contributed by atoms with van der Waals surface area (Å²) in [6.07, 6.45) is 5.32. The van der Waals surface area contributed by atoms with Gasteiger partial charge in [0.2, 0.25) is 10.0 Å². The molecule has 0 aromatic carbocycles. The smallest absolute Gasteiger partial charge is 0.244 e. The van der Waals surface area contributed by atoms with Gasteiger partial charge >= 0.3 is 0 Å². The number of carbonyl (C=O) groups is 1. The Morgan fingerprint density at radius 2 is 1.89 bits per heavy atom. The molecule has 0 N–H and O–H groups in total. The topological polar surface area (TPSA) is 75.5 Å². The van der Waals surface area contributed by atoms with Crippen LogP contribution >= 0.6 is 0 Å². The van der Waals surface area contributed by atoms with Crippen molar-refractivity contribution < 1.29 is 13.2 Å². The van der Waals surface area contributed by atoms with Crippen molar-refractivity contribution in [1.82, 2.24) is 18.8 Å². The largest absolute Gasteiger partial charge is 0.345 e. The molecule has 7 nitrogen and oxygen atoms in total. The molecule has 3 heterocycles. The molecule has 2 fully saturated rings. The minimum Gasteiger partial charge on any atom is -0.345 e. The molecule has 28 heavy (non-hydrogen) atoms. The molecule has 1 saturated heterocycles. The Labute approximate surface area is 166 Å². The van der Waals surface area contributed by atoms with E-state index in [1.807, 2.05) is 17.9 Å². The van der Waals surface area contributed by atoms with Gasteiger partial charge in [0.1, 0.15) is 4.90 Å². The molecule has 0 amide bonds. The van der Waals surface area contributed by atoms with Crippen LogP contribution in [0.25, 0.3) is 0 Å². The first-order valence-electron chi connectivity index (χ1n) is 9.72. The first kappa shape index (κ1) is 19.3. The number of aryl methyl sites for hydroxylation is 1. The fourth-order valence-electron chi connectivity index (χ4n) is 4.02. The number of aromatic nitrogens is 2. The first-order valence-corrected chi connectivity index (χ1v) is 11.2. The molecule has 1 saturated carbocycles. The molecule has 1 aliphatic carbocycles. The molecule has 0 bridgehead atoms. The van der Waals surface area contributed by atoms with E-state index in [0.29, 0.717) is 38.8 Å². The zero-order valence-electron chi connectivity index (χ0n) is 16.3. The van der Waals surface area contributed by atoms with Gasteiger partial charge in [0, 0.05) is 61.6 Å². The summed E-state index contributed by atoms with van der Waals surface area (Å²) in [6.45, 7) is 6.27. The highest BCUT2D eigenvalue weighted by Crippen LogP contribution is 2.38. The molecule has 150 valence electrons. The van der Waals surface area contributed by atoms with E-state index < -0.39 is 10.0 Å². The van der Waals surface area contributed by atoms with E-state index in [1.54, 1.807) is 18.3 Å². The molecular weight excluding hydrogens is 376 g/mol. The van der Waals surface area contributed by atoms with Gasteiger partial charge in [0.25, 0.3) is 0 Å². The number of Topliss-reactive ketones (excluding diaryl/α,β-unsaturated/α-hetero) is 1. The number of hydrogen-bond donors (Lipinski definition) is 0. The van der Waals surface area contributed by atoms with E-state index in [4.69, 9.17) is 0 Å². The van der Waals surface area contributed by atoms with Gasteiger partial charge in [-0.05, 0) is 44.9 Å². The second-order valence-corrected chi connectivity index (χ2v) is 9.62. The Hall–Kier alpha value is -2.03. The Bertz CT molecular complexity index is 972. The van der Waals surface area contributed by atoms with Gasteiger partial charge in [0.05, 0.1) is 6.54 Å². The van der Waals surface area contributed by atoms with Crippen LogP contribution in [0, 0.1) is 13.8 Å². The molecule has 0 atom stereocenters. The number of rotatable bonds is 6. The number of pyridine rings is 1. The van der Waals surface area contributed by atoms with Crippen molar-refractivity contribution in [3.05, 3.63) is 47.5 Å². The minimum absolute atomic E-state index is 0.114. The molecular formula is C20H26N4O3S. The molecule has 0 unspecified atom stereocenters. The van der Waals surface area contributed by atoms with Crippen LogP contribution in [0.2, 0.25) is 0 Å². The van der Waals surface area contributed by atoms with Gasteiger partial charge in [-0.25, -0.2) is 8.42 Å². The number of ketones is 1. The number of sulfonamides is 1. The predicted octanol–water partition coefficient (Wildman–Crippen LogP) is 2.02. The van der Waals surface area contributed by atoms with Crippen LogP contribution in [-0.4, -0.2) is 65.7 Å². The zero-order valence-corrected chi connectivity index (χ0v) is 17.2. The highest BCUT2D eigenvalue weighted by atomic mass is 32.2. The van der Waals surface area contributed by atoms with Gasteiger partial charge in [0.15, 0.2) is 5.78 Å². The van der Waals surface area contributed by atoms with E-state index in [0.717, 1.165) is 17.0 Å². The third-order valence-corrected chi connectivity index (χ3v) is 7.55. The molecule has 2 aromatic rings. The fraction of sp³-hybridized carbons (Fsp3) is 0.500. The van der Waals surface area contributed by atoms with Crippen molar-refractivity contribution in [2.75, 3.05) is 32.7 Å². The summed E-state index contributed by atoms with van der Waals surface area (Å²) in [5.74, 6) is 0.114. The second-order valence-electron chi connectivity index (χ2n) is 7.68. The summed E-state index contributed by atoms with van der Waals surface area (Å²) >= 11 is 0. The van der Waals surface area contributed by atoms with Crippen LogP contribution in [0.1, 0.15) is 40.6 Å². The Kier molecular flexibility index (Phi) is 5.11. The molecule has 2 aromatic heterocycles. The van der Waals surface area contributed by atoms with Crippen LogP contribution in [0.3, 0.4) is 0 Å². The van der Waals surface area contributed by atoms with E-state index in [1.165, 1.54) is 23.3 Å². The van der Waals surface area contributed by atoms with E-state index >= 15 is 0 Å². The van der Waals surface area contributed by atoms with Crippen molar-refractivity contribution in [1.29, 1.82) is 0 Å². The highest BCUT2D eigenvalue weighted by molar-refractivity contribution is 7.89. The maximum Gasteiger partial charge on any atom is 0.244 e. The molecule has 0 radical (unpaired) electrons. The third-order valence-electron chi connectivity index (χ3n) is 5.67. The van der Waals surface area contributed by atoms with E-state index in [9.17, 15) is 13.2 Å². The molecule has 2 aliphatic rings. The number of piperazine rings is 1. The maximum absolute atomic E-state index is 12.8. The first-order chi connectivity index (χ1) is 13.4.